The SMILES string of the molecule is CC(C)(C)OC(=O)N[C@H](CSCC1c2ccccc2-c2ccccc21)C(=O)O. The van der Waals surface area contributed by atoms with Crippen LogP contribution in [0.4, 0.5) is 4.79 Å². The van der Waals surface area contributed by atoms with Gasteiger partial charge in [-0.3, -0.25) is 0 Å². The van der Waals surface area contributed by atoms with Gasteiger partial charge >= 0.3 is 12.1 Å². The van der Waals surface area contributed by atoms with Crippen LogP contribution in [0.25, 0.3) is 11.1 Å². The largest absolute Gasteiger partial charge is 0.480 e. The van der Waals surface area contributed by atoms with E-state index in [4.69, 9.17) is 4.74 Å². The molecule has 1 atom stereocenters. The van der Waals surface area contributed by atoms with Gasteiger partial charge in [0.1, 0.15) is 11.6 Å². The molecule has 0 heterocycles. The van der Waals surface area contributed by atoms with E-state index in [1.165, 1.54) is 34.0 Å². The van der Waals surface area contributed by atoms with E-state index >= 15 is 0 Å². The lowest BCUT2D eigenvalue weighted by Gasteiger charge is -2.22. The molecule has 1 aliphatic rings. The number of carbonyl (C=O) groups is 2. The second-order valence-corrected chi connectivity index (χ2v) is 8.88. The Bertz CT molecular complexity index is 829. The van der Waals surface area contributed by atoms with Gasteiger partial charge in [-0.15, -0.1) is 0 Å². The number of aliphatic carboxylic acids is 1. The highest BCUT2D eigenvalue weighted by molar-refractivity contribution is 7.99. The molecule has 0 bridgehead atoms. The fraction of sp³-hybridized carbons (Fsp3) is 0.364. The summed E-state index contributed by atoms with van der Waals surface area (Å²) in [7, 11) is 0. The summed E-state index contributed by atoms with van der Waals surface area (Å²) in [5, 5.41) is 11.9. The zero-order valence-electron chi connectivity index (χ0n) is 16.3. The van der Waals surface area contributed by atoms with E-state index in [2.05, 4.69) is 29.6 Å². The molecule has 6 heteroatoms. The third-order valence-corrected chi connectivity index (χ3v) is 5.66. The van der Waals surface area contributed by atoms with Gasteiger partial charge in [-0.1, -0.05) is 48.5 Å². The number of benzene rings is 2. The van der Waals surface area contributed by atoms with E-state index in [1.807, 2.05) is 24.3 Å². The predicted molar refractivity (Wildman–Crippen MR) is 112 cm³/mol. The summed E-state index contributed by atoms with van der Waals surface area (Å²) in [6.45, 7) is 5.23. The number of amides is 1. The number of carboxylic acid groups (broad SMARTS) is 1. The van der Waals surface area contributed by atoms with Gasteiger partial charge < -0.3 is 15.2 Å². The molecule has 0 saturated carbocycles. The lowest BCUT2D eigenvalue weighted by atomic mass is 9.99. The number of thioether (sulfide) groups is 1. The molecule has 0 fully saturated rings. The zero-order valence-corrected chi connectivity index (χ0v) is 17.1. The van der Waals surface area contributed by atoms with E-state index in [-0.39, 0.29) is 11.7 Å². The number of ether oxygens (including phenoxy) is 1. The Morgan fingerprint density at radius 1 is 1.07 bits per heavy atom. The minimum Gasteiger partial charge on any atom is -0.480 e. The molecule has 0 aliphatic heterocycles. The van der Waals surface area contributed by atoms with Crippen molar-refractivity contribution < 1.29 is 19.4 Å². The quantitative estimate of drug-likeness (QED) is 0.747. The predicted octanol–water partition coefficient (Wildman–Crippen LogP) is 4.51. The summed E-state index contributed by atoms with van der Waals surface area (Å²) in [6.07, 6.45) is -0.711. The highest BCUT2D eigenvalue weighted by Crippen LogP contribution is 2.45. The first-order valence-corrected chi connectivity index (χ1v) is 10.4. The number of alkyl carbamates (subject to hydrolysis) is 1. The van der Waals surface area contributed by atoms with Gasteiger partial charge in [0.2, 0.25) is 0 Å². The molecule has 5 nitrogen and oxygen atoms in total. The van der Waals surface area contributed by atoms with Crippen LogP contribution in [0.15, 0.2) is 48.5 Å². The fourth-order valence-corrected chi connectivity index (χ4v) is 4.56. The highest BCUT2D eigenvalue weighted by atomic mass is 32.2. The molecule has 0 aromatic heterocycles. The minimum absolute atomic E-state index is 0.216. The van der Waals surface area contributed by atoms with E-state index in [9.17, 15) is 14.7 Å². The number of rotatable bonds is 6. The Hall–Kier alpha value is -2.47. The topological polar surface area (TPSA) is 75.6 Å². The Morgan fingerprint density at radius 2 is 1.61 bits per heavy atom. The van der Waals surface area contributed by atoms with Crippen molar-refractivity contribution in [3.8, 4) is 11.1 Å². The van der Waals surface area contributed by atoms with Crippen molar-refractivity contribution >= 4 is 23.8 Å². The Morgan fingerprint density at radius 3 is 2.11 bits per heavy atom. The molecule has 2 aromatic rings. The normalized spacial score (nSPS) is 14.1. The van der Waals surface area contributed by atoms with Crippen molar-refractivity contribution in [1.29, 1.82) is 0 Å². The third kappa shape index (κ3) is 4.68. The van der Waals surface area contributed by atoms with Crippen LogP contribution in [0.1, 0.15) is 37.8 Å². The molecule has 0 radical (unpaired) electrons. The number of carboxylic acids is 1. The molecule has 1 aliphatic carbocycles. The van der Waals surface area contributed by atoms with Crippen LogP contribution < -0.4 is 5.32 Å². The first kappa shape index (κ1) is 20.3. The maximum atomic E-state index is 11.9. The lowest BCUT2D eigenvalue weighted by molar-refractivity contribution is -0.138. The van der Waals surface area contributed by atoms with Gasteiger partial charge in [0.15, 0.2) is 0 Å². The average molecular weight is 400 g/mol. The monoisotopic (exact) mass is 399 g/mol. The molecular weight excluding hydrogens is 374 g/mol. The van der Waals surface area contributed by atoms with Crippen molar-refractivity contribution in [2.24, 2.45) is 0 Å². The van der Waals surface area contributed by atoms with Gasteiger partial charge in [0, 0.05) is 17.4 Å². The van der Waals surface area contributed by atoms with Crippen molar-refractivity contribution in [3.63, 3.8) is 0 Å². The summed E-state index contributed by atoms with van der Waals surface area (Å²) < 4.78 is 5.17. The molecule has 2 aromatic carbocycles. The van der Waals surface area contributed by atoms with Crippen molar-refractivity contribution in [2.45, 2.75) is 38.3 Å². The second-order valence-electron chi connectivity index (χ2n) is 7.80. The van der Waals surface area contributed by atoms with Gasteiger partial charge in [-0.2, -0.15) is 11.8 Å². The highest BCUT2D eigenvalue weighted by Gasteiger charge is 2.29. The summed E-state index contributed by atoms with van der Waals surface area (Å²) >= 11 is 1.52. The van der Waals surface area contributed by atoms with Crippen LogP contribution >= 0.6 is 11.8 Å². The zero-order chi connectivity index (χ0) is 20.3. The minimum atomic E-state index is -1.06. The number of hydrogen-bond acceptors (Lipinski definition) is 4. The maximum Gasteiger partial charge on any atom is 0.408 e. The van der Waals surface area contributed by atoms with Gasteiger partial charge in [-0.25, -0.2) is 9.59 Å². The van der Waals surface area contributed by atoms with Crippen LogP contribution in [0.3, 0.4) is 0 Å². The van der Waals surface area contributed by atoms with Gasteiger partial charge in [0.05, 0.1) is 0 Å². The van der Waals surface area contributed by atoms with Gasteiger partial charge in [0.25, 0.3) is 0 Å². The van der Waals surface area contributed by atoms with Crippen LogP contribution in [-0.2, 0) is 9.53 Å². The number of carbonyl (C=O) groups excluding carboxylic acids is 1. The van der Waals surface area contributed by atoms with Crippen LogP contribution in [-0.4, -0.2) is 40.3 Å². The first-order chi connectivity index (χ1) is 13.3. The Labute approximate surface area is 169 Å². The molecule has 3 rings (SSSR count). The Kier molecular flexibility index (Phi) is 5.98. The van der Waals surface area contributed by atoms with E-state index in [1.54, 1.807) is 20.8 Å². The molecular formula is C22H25NO4S. The average Bonchev–Trinajstić information content (AvgIpc) is 2.94. The summed E-state index contributed by atoms with van der Waals surface area (Å²) in [5.41, 5.74) is 4.35. The smallest absolute Gasteiger partial charge is 0.408 e. The van der Waals surface area contributed by atoms with Crippen LogP contribution in [0, 0.1) is 0 Å². The number of nitrogens with one attached hydrogen (secondary N) is 1. The molecule has 0 spiro atoms. The molecule has 1 amide bonds. The number of hydrogen-bond donors (Lipinski definition) is 2. The fourth-order valence-electron chi connectivity index (χ4n) is 3.37. The second kappa shape index (κ2) is 8.27. The summed E-state index contributed by atoms with van der Waals surface area (Å²) in [4.78, 5) is 23.5. The van der Waals surface area contributed by atoms with E-state index in [0.29, 0.717) is 0 Å². The van der Waals surface area contributed by atoms with E-state index in [0.717, 1.165) is 5.75 Å². The summed E-state index contributed by atoms with van der Waals surface area (Å²) in [5.74, 6) is 0.169. The summed E-state index contributed by atoms with van der Waals surface area (Å²) in [6, 6.07) is 15.7. The lowest BCUT2D eigenvalue weighted by Crippen LogP contribution is -2.45. The molecule has 148 valence electrons. The van der Waals surface area contributed by atoms with E-state index < -0.39 is 23.7 Å². The van der Waals surface area contributed by atoms with Crippen LogP contribution in [0.2, 0.25) is 0 Å². The number of fused-ring (bicyclic) bond motifs is 3. The van der Waals surface area contributed by atoms with Crippen molar-refractivity contribution in [2.75, 3.05) is 11.5 Å². The maximum absolute atomic E-state index is 11.9. The first-order valence-electron chi connectivity index (χ1n) is 9.24. The van der Waals surface area contributed by atoms with Gasteiger partial charge in [-0.05, 0) is 43.0 Å². The third-order valence-electron chi connectivity index (χ3n) is 4.52. The van der Waals surface area contributed by atoms with Crippen molar-refractivity contribution in [3.05, 3.63) is 59.7 Å². The molecule has 28 heavy (non-hydrogen) atoms. The molecule has 0 saturated heterocycles. The van der Waals surface area contributed by atoms with Crippen LogP contribution in [0.5, 0.6) is 0 Å². The Balaban J connectivity index is 1.65. The standard InChI is InChI=1S/C22H25NO4S/c1-22(2,3)27-21(26)23-19(20(24)25)13-28-12-18-16-10-6-4-8-14(16)15-9-5-7-11-17(15)18/h4-11,18-19H,12-13H2,1-3H3,(H,23,26)(H,24,25)/t19-/m1/s1. The van der Waals surface area contributed by atoms with Crippen molar-refractivity contribution in [1.82, 2.24) is 5.32 Å². The molecule has 0 unspecified atom stereocenters. The molecule has 2 N–H and O–H groups in total.